The highest BCUT2D eigenvalue weighted by Gasteiger charge is 1.92. The van der Waals surface area contributed by atoms with Gasteiger partial charge in [-0.1, -0.05) is 30.9 Å². The Morgan fingerprint density at radius 2 is 1.82 bits per heavy atom. The molecule has 0 atom stereocenters. The summed E-state index contributed by atoms with van der Waals surface area (Å²) in [5.41, 5.74) is 3.35. The normalized spacial score (nSPS) is 9.47. The van der Waals surface area contributed by atoms with Crippen molar-refractivity contribution in [3.63, 3.8) is 0 Å². The van der Waals surface area contributed by atoms with Gasteiger partial charge in [-0.25, -0.2) is 0 Å². The molecule has 1 heterocycles. The van der Waals surface area contributed by atoms with Crippen molar-refractivity contribution >= 4 is 0 Å². The Kier molecular flexibility index (Phi) is 3.94. The lowest BCUT2D eigenvalue weighted by Crippen LogP contribution is -1.84. The average Bonchev–Trinajstić information content (AvgIpc) is 2.39. The van der Waals surface area contributed by atoms with Crippen molar-refractivity contribution in [1.29, 1.82) is 0 Å². The van der Waals surface area contributed by atoms with Gasteiger partial charge in [-0.3, -0.25) is 4.98 Å². The molecule has 17 heavy (non-hydrogen) atoms. The minimum atomic E-state index is 0.991. The molecule has 0 saturated carbocycles. The first-order chi connectivity index (χ1) is 8.38. The first kappa shape index (κ1) is 11.4. The van der Waals surface area contributed by atoms with Crippen LogP contribution in [0.25, 0.3) is 0 Å². The third kappa shape index (κ3) is 3.46. The SMILES string of the molecule is C[CH]Cc1cccc(C#Cc2ccncc2)c1. The molecular formula is C16H14N. The maximum absolute atomic E-state index is 3.97. The van der Waals surface area contributed by atoms with Gasteiger partial charge in [-0.2, -0.15) is 0 Å². The number of hydrogen-bond acceptors (Lipinski definition) is 1. The molecule has 1 aromatic heterocycles. The summed E-state index contributed by atoms with van der Waals surface area (Å²) < 4.78 is 0. The minimum Gasteiger partial charge on any atom is -0.265 e. The van der Waals surface area contributed by atoms with Gasteiger partial charge in [0, 0.05) is 23.5 Å². The van der Waals surface area contributed by atoms with E-state index < -0.39 is 0 Å². The number of aromatic nitrogens is 1. The van der Waals surface area contributed by atoms with Crippen molar-refractivity contribution in [2.45, 2.75) is 13.3 Å². The molecule has 0 unspecified atom stereocenters. The van der Waals surface area contributed by atoms with E-state index in [1.54, 1.807) is 12.4 Å². The molecule has 83 valence electrons. The Morgan fingerprint density at radius 3 is 2.59 bits per heavy atom. The maximum Gasteiger partial charge on any atom is 0.0280 e. The zero-order valence-electron chi connectivity index (χ0n) is 9.85. The Hall–Kier alpha value is -2.07. The van der Waals surface area contributed by atoms with E-state index in [2.05, 4.69) is 48.4 Å². The third-order valence-electron chi connectivity index (χ3n) is 2.40. The summed E-state index contributed by atoms with van der Waals surface area (Å²) in [7, 11) is 0. The summed E-state index contributed by atoms with van der Waals surface area (Å²) in [6, 6.07) is 12.2. The molecule has 0 bridgehead atoms. The van der Waals surface area contributed by atoms with Gasteiger partial charge in [0.2, 0.25) is 0 Å². The van der Waals surface area contributed by atoms with Crippen LogP contribution in [0.2, 0.25) is 0 Å². The van der Waals surface area contributed by atoms with Crippen molar-refractivity contribution in [2.24, 2.45) is 0 Å². The van der Waals surface area contributed by atoms with Crippen molar-refractivity contribution in [1.82, 2.24) is 4.98 Å². The standard InChI is InChI=1S/C16H14N/c1-2-4-15-5-3-6-16(13-15)8-7-14-9-11-17-12-10-14/h2-3,5-6,9-13H,4H2,1H3. The third-order valence-corrected chi connectivity index (χ3v) is 2.40. The summed E-state index contributed by atoms with van der Waals surface area (Å²) in [4.78, 5) is 3.97. The van der Waals surface area contributed by atoms with Gasteiger partial charge in [0.25, 0.3) is 0 Å². The quantitative estimate of drug-likeness (QED) is 0.708. The minimum absolute atomic E-state index is 0.991. The van der Waals surface area contributed by atoms with E-state index in [0.29, 0.717) is 0 Å². The van der Waals surface area contributed by atoms with Crippen molar-refractivity contribution in [3.8, 4) is 11.8 Å². The summed E-state index contributed by atoms with van der Waals surface area (Å²) >= 11 is 0. The van der Waals surface area contributed by atoms with E-state index in [0.717, 1.165) is 17.5 Å². The van der Waals surface area contributed by atoms with Gasteiger partial charge in [0.15, 0.2) is 0 Å². The monoisotopic (exact) mass is 220 g/mol. The molecule has 0 spiro atoms. The average molecular weight is 220 g/mol. The molecule has 0 aliphatic rings. The maximum atomic E-state index is 3.97. The summed E-state index contributed by atoms with van der Waals surface area (Å²) in [6.45, 7) is 2.06. The fraction of sp³-hybridized carbons (Fsp3) is 0.125. The second kappa shape index (κ2) is 5.86. The van der Waals surface area contributed by atoms with Crippen LogP contribution < -0.4 is 0 Å². The molecule has 0 fully saturated rings. The molecule has 0 amide bonds. The first-order valence-corrected chi connectivity index (χ1v) is 5.67. The lowest BCUT2D eigenvalue weighted by Gasteiger charge is -1.98. The highest BCUT2D eigenvalue weighted by atomic mass is 14.6. The Labute approximate surface area is 103 Å². The number of rotatable bonds is 2. The van der Waals surface area contributed by atoms with Crippen LogP contribution in [0.15, 0.2) is 48.8 Å². The van der Waals surface area contributed by atoms with Gasteiger partial charge in [0.1, 0.15) is 0 Å². The first-order valence-electron chi connectivity index (χ1n) is 5.67. The molecule has 1 aromatic carbocycles. The molecule has 0 aliphatic heterocycles. The largest absolute Gasteiger partial charge is 0.265 e. The van der Waals surface area contributed by atoms with Crippen LogP contribution in [0, 0.1) is 18.3 Å². The Morgan fingerprint density at radius 1 is 1.06 bits per heavy atom. The molecule has 0 saturated heterocycles. The summed E-state index contributed by atoms with van der Waals surface area (Å²) in [5.74, 6) is 6.30. The lowest BCUT2D eigenvalue weighted by atomic mass is 10.1. The van der Waals surface area contributed by atoms with Crippen LogP contribution in [-0.2, 0) is 6.42 Å². The van der Waals surface area contributed by atoms with E-state index in [1.165, 1.54) is 5.56 Å². The summed E-state index contributed by atoms with van der Waals surface area (Å²) in [6.07, 6.45) is 6.65. The second-order valence-electron chi connectivity index (χ2n) is 3.80. The Bertz CT molecular complexity index is 532. The van der Waals surface area contributed by atoms with E-state index in [-0.39, 0.29) is 0 Å². The van der Waals surface area contributed by atoms with Gasteiger partial charge in [-0.05, 0) is 42.7 Å². The van der Waals surface area contributed by atoms with Crippen LogP contribution in [0.4, 0.5) is 0 Å². The molecule has 2 rings (SSSR count). The fourth-order valence-electron chi connectivity index (χ4n) is 1.59. The summed E-state index contributed by atoms with van der Waals surface area (Å²) in [5, 5.41) is 0. The number of benzene rings is 1. The topological polar surface area (TPSA) is 12.9 Å². The molecule has 1 heteroatoms. The zero-order chi connectivity index (χ0) is 11.9. The molecule has 0 N–H and O–H groups in total. The van der Waals surface area contributed by atoms with E-state index in [9.17, 15) is 0 Å². The predicted molar refractivity (Wildman–Crippen MR) is 70.3 cm³/mol. The number of nitrogens with zero attached hydrogens (tertiary/aromatic N) is 1. The molecule has 0 aliphatic carbocycles. The number of hydrogen-bond donors (Lipinski definition) is 0. The van der Waals surface area contributed by atoms with Gasteiger partial charge in [0.05, 0.1) is 0 Å². The van der Waals surface area contributed by atoms with Crippen LogP contribution in [0.3, 0.4) is 0 Å². The molecule has 1 radical (unpaired) electrons. The van der Waals surface area contributed by atoms with Crippen molar-refractivity contribution < 1.29 is 0 Å². The van der Waals surface area contributed by atoms with Crippen LogP contribution in [0.5, 0.6) is 0 Å². The second-order valence-corrected chi connectivity index (χ2v) is 3.80. The molecule has 2 aromatic rings. The van der Waals surface area contributed by atoms with Crippen LogP contribution in [-0.4, -0.2) is 4.98 Å². The van der Waals surface area contributed by atoms with Crippen molar-refractivity contribution in [2.75, 3.05) is 0 Å². The zero-order valence-corrected chi connectivity index (χ0v) is 9.85. The van der Waals surface area contributed by atoms with E-state index in [4.69, 9.17) is 0 Å². The van der Waals surface area contributed by atoms with Crippen LogP contribution >= 0.6 is 0 Å². The van der Waals surface area contributed by atoms with Crippen molar-refractivity contribution in [3.05, 3.63) is 71.9 Å². The molecular weight excluding hydrogens is 206 g/mol. The number of pyridine rings is 1. The lowest BCUT2D eigenvalue weighted by molar-refractivity contribution is 1.14. The van der Waals surface area contributed by atoms with Gasteiger partial charge in [-0.15, -0.1) is 0 Å². The van der Waals surface area contributed by atoms with Gasteiger partial charge >= 0.3 is 0 Å². The Balaban J connectivity index is 2.19. The van der Waals surface area contributed by atoms with Crippen LogP contribution in [0.1, 0.15) is 23.6 Å². The molecule has 1 nitrogen and oxygen atoms in total. The van der Waals surface area contributed by atoms with Gasteiger partial charge < -0.3 is 0 Å². The fourth-order valence-corrected chi connectivity index (χ4v) is 1.59. The predicted octanol–water partition coefficient (Wildman–Crippen LogP) is 3.25. The van der Waals surface area contributed by atoms with E-state index >= 15 is 0 Å². The van der Waals surface area contributed by atoms with E-state index in [1.807, 2.05) is 18.2 Å². The smallest absolute Gasteiger partial charge is 0.0280 e. The highest BCUT2D eigenvalue weighted by molar-refractivity contribution is 5.43. The highest BCUT2D eigenvalue weighted by Crippen LogP contribution is 2.06.